The Morgan fingerprint density at radius 2 is 0.680 bits per heavy atom. The zero-order chi connectivity index (χ0) is 67.2. The summed E-state index contributed by atoms with van der Waals surface area (Å²) in [6.45, 7) is 13.9. The van der Waals surface area contributed by atoms with Crippen LogP contribution in [0.25, 0.3) is 76.5 Å². The van der Waals surface area contributed by atoms with Gasteiger partial charge >= 0.3 is 0 Å². The number of hydrogen-bond donors (Lipinski definition) is 0. The monoisotopic (exact) mass is 1300 g/mol. The van der Waals surface area contributed by atoms with Crippen LogP contribution in [-0.4, -0.2) is 0 Å². The van der Waals surface area contributed by atoms with Gasteiger partial charge in [0.25, 0.3) is 0 Å². The fourth-order valence-corrected chi connectivity index (χ4v) is 18.6. The topological polar surface area (TPSA) is 36.0 Å². The zero-order valence-electron chi connectivity index (χ0n) is 58.2. The highest BCUT2D eigenvalue weighted by Crippen LogP contribution is 2.68. The highest BCUT2D eigenvalue weighted by atomic mass is 16.3. The van der Waals surface area contributed by atoms with Crippen LogP contribution in [0.4, 0.5) is 51.2 Å². The van der Waals surface area contributed by atoms with Crippen molar-refractivity contribution in [1.82, 2.24) is 0 Å². The average Bonchev–Trinajstić information content (AvgIpc) is 1.48. The molecule has 1 aliphatic heterocycles. The van der Waals surface area contributed by atoms with E-state index in [2.05, 4.69) is 317 Å². The molecule has 0 radical (unpaired) electrons. The van der Waals surface area contributed by atoms with Gasteiger partial charge in [-0.3, -0.25) is 0 Å². The average molecular weight is 1300 g/mol. The zero-order valence-corrected chi connectivity index (χ0v) is 58.2. The molecule has 100 heavy (non-hydrogen) atoms. The maximum absolute atomic E-state index is 7.58. The molecule has 3 heterocycles. The second-order valence-corrected chi connectivity index (χ2v) is 31.1. The molecule has 4 aliphatic rings. The summed E-state index contributed by atoms with van der Waals surface area (Å²) in [5.41, 5.74) is 25.1. The van der Waals surface area contributed by atoms with E-state index in [0.717, 1.165) is 95.1 Å². The first-order valence-corrected chi connectivity index (χ1v) is 36.8. The van der Waals surface area contributed by atoms with Crippen LogP contribution < -0.4 is 14.7 Å². The molecule has 2 saturated carbocycles. The summed E-state index contributed by atoms with van der Waals surface area (Å²) in [6, 6.07) is 99.7. The lowest BCUT2D eigenvalue weighted by Gasteiger charge is -2.45. The highest BCUT2D eigenvalue weighted by Gasteiger charge is 2.54. The lowest BCUT2D eigenvalue weighted by atomic mass is 9.64. The molecule has 5 nitrogen and oxygen atoms in total. The molecule has 3 aliphatic carbocycles. The fraction of sp³-hybridized carbons (Fsp3) is 0.221. The molecule has 15 aromatic rings. The quantitative estimate of drug-likeness (QED) is 0.144. The van der Waals surface area contributed by atoms with Crippen LogP contribution in [0.15, 0.2) is 270 Å². The number of anilines is 9. The van der Waals surface area contributed by atoms with Crippen molar-refractivity contribution in [2.75, 3.05) is 14.7 Å². The number of hydrogen-bond acceptors (Lipinski definition) is 5. The van der Waals surface area contributed by atoms with E-state index in [9.17, 15) is 0 Å². The Labute approximate surface area is 586 Å². The summed E-state index contributed by atoms with van der Waals surface area (Å²) in [6.07, 6.45) is 12.4. The Balaban J connectivity index is 0.941. The summed E-state index contributed by atoms with van der Waals surface area (Å²) >= 11 is 0. The largest absolute Gasteiger partial charge is 0.454 e. The van der Waals surface area contributed by atoms with E-state index in [1.54, 1.807) is 0 Å². The predicted octanol–water partition coefficient (Wildman–Crippen LogP) is 27.6. The maximum Gasteiger partial charge on any atom is 0.159 e. The first-order valence-electron chi connectivity index (χ1n) is 36.8. The van der Waals surface area contributed by atoms with Gasteiger partial charge in [0.2, 0.25) is 0 Å². The first-order chi connectivity index (χ1) is 48.9. The van der Waals surface area contributed by atoms with Crippen molar-refractivity contribution >= 4 is 117 Å². The second kappa shape index (κ2) is 23.2. The van der Waals surface area contributed by atoms with Crippen LogP contribution >= 0.6 is 0 Å². The molecule has 0 bridgehead atoms. The molecule has 0 atom stereocenters. The molecule has 2 fully saturated rings. The minimum atomic E-state index is -0.912. The third-order valence-electron chi connectivity index (χ3n) is 23.3. The molecule has 13 aromatic carbocycles. The Morgan fingerprint density at radius 3 is 1.10 bits per heavy atom. The van der Waals surface area contributed by atoms with Crippen molar-refractivity contribution in [3.8, 4) is 11.1 Å². The van der Waals surface area contributed by atoms with Crippen LogP contribution in [0.3, 0.4) is 0 Å². The van der Waals surface area contributed by atoms with Gasteiger partial charge in [-0.25, -0.2) is 0 Å². The number of nitrogens with zero attached hydrogens (tertiary/aromatic N) is 3. The minimum Gasteiger partial charge on any atom is -0.454 e. The Morgan fingerprint density at radius 1 is 0.320 bits per heavy atom. The van der Waals surface area contributed by atoms with Gasteiger partial charge in [-0.1, -0.05) is 268 Å². The minimum absolute atomic E-state index is 0.0603. The number of para-hydroxylation sites is 7. The van der Waals surface area contributed by atoms with Gasteiger partial charge in [-0.2, -0.15) is 0 Å². The van der Waals surface area contributed by atoms with Gasteiger partial charge < -0.3 is 23.5 Å². The predicted molar refractivity (Wildman–Crippen MR) is 420 cm³/mol. The molecule has 0 N–H and O–H groups in total. The summed E-state index contributed by atoms with van der Waals surface area (Å²) in [7, 11) is 0. The second-order valence-electron chi connectivity index (χ2n) is 31.1. The fourth-order valence-electron chi connectivity index (χ4n) is 18.6. The molecule has 490 valence electrons. The van der Waals surface area contributed by atoms with Crippen LogP contribution in [0.5, 0.6) is 0 Å². The van der Waals surface area contributed by atoms with Crippen molar-refractivity contribution in [3.63, 3.8) is 0 Å². The van der Waals surface area contributed by atoms with Gasteiger partial charge in [0, 0.05) is 49.4 Å². The first kappa shape index (κ1) is 60.5. The van der Waals surface area contributed by atoms with E-state index in [-0.39, 0.29) is 10.8 Å². The van der Waals surface area contributed by atoms with Crippen molar-refractivity contribution in [2.45, 2.75) is 134 Å². The molecule has 0 unspecified atom stereocenters. The normalized spacial score (nSPS) is 15.5. The molecule has 0 amide bonds. The summed E-state index contributed by atoms with van der Waals surface area (Å²) in [5, 5.41) is 9.30. The van der Waals surface area contributed by atoms with E-state index < -0.39 is 5.41 Å². The Hall–Kier alpha value is -10.6. The molecule has 2 aromatic heterocycles. The van der Waals surface area contributed by atoms with Crippen molar-refractivity contribution in [2.24, 2.45) is 0 Å². The summed E-state index contributed by atoms with van der Waals surface area (Å²) in [4.78, 5) is 7.61. The Kier molecular flexibility index (Phi) is 14.1. The van der Waals surface area contributed by atoms with E-state index in [1.165, 1.54) is 141 Å². The smallest absolute Gasteiger partial charge is 0.159 e. The van der Waals surface area contributed by atoms with Gasteiger partial charge in [0.1, 0.15) is 11.2 Å². The molecule has 1 spiro atoms. The van der Waals surface area contributed by atoms with Gasteiger partial charge in [-0.15, -0.1) is 0 Å². The number of fused-ring (bicyclic) bond motifs is 19. The molecular formula is C95H83N3O2. The molecule has 5 heteroatoms. The SMILES string of the molecule is CC(C)(C)c1ccc(N(c2cc3c(c4ccccc24)-c2c(cc(N(c4ccc(C(C)(C)C)cc4)c4cccc5c4oc4c(C6CCCCC6)cccc45)c4ccccc24)C32c3ccccc3N(c3ccccc3)c3ccccc32)c2cccc3c2oc2c(C4CCCCC4)cccc23)cc1. The lowest BCUT2D eigenvalue weighted by Crippen LogP contribution is -2.36. The lowest BCUT2D eigenvalue weighted by molar-refractivity contribution is 0.442. The van der Waals surface area contributed by atoms with Crippen LogP contribution in [0.2, 0.25) is 0 Å². The van der Waals surface area contributed by atoms with Crippen molar-refractivity contribution in [3.05, 3.63) is 305 Å². The van der Waals surface area contributed by atoms with Crippen LogP contribution in [0, 0.1) is 0 Å². The van der Waals surface area contributed by atoms with E-state index in [4.69, 9.17) is 8.83 Å². The third-order valence-corrected chi connectivity index (χ3v) is 23.3. The third kappa shape index (κ3) is 9.26. The number of furan rings is 2. The van der Waals surface area contributed by atoms with Gasteiger partial charge in [0.05, 0.1) is 39.5 Å². The highest BCUT2D eigenvalue weighted by molar-refractivity contribution is 6.21. The van der Waals surface area contributed by atoms with E-state index in [0.29, 0.717) is 11.8 Å². The molecule has 19 rings (SSSR count). The molecule has 0 saturated heterocycles. The number of benzene rings is 13. The van der Waals surface area contributed by atoms with E-state index >= 15 is 0 Å². The molecular weight excluding hydrogens is 1220 g/mol. The van der Waals surface area contributed by atoms with Gasteiger partial charge in [0.15, 0.2) is 11.2 Å². The summed E-state index contributed by atoms with van der Waals surface area (Å²) in [5.74, 6) is 0.937. The van der Waals surface area contributed by atoms with Crippen LogP contribution in [-0.2, 0) is 16.2 Å². The summed E-state index contributed by atoms with van der Waals surface area (Å²) < 4.78 is 15.2. The van der Waals surface area contributed by atoms with Gasteiger partial charge in [-0.05, 0) is 188 Å². The Bertz CT molecular complexity index is 5390. The van der Waals surface area contributed by atoms with E-state index in [1.807, 2.05) is 0 Å². The number of rotatable bonds is 9. The maximum atomic E-state index is 7.58. The van der Waals surface area contributed by atoms with Crippen molar-refractivity contribution in [1.29, 1.82) is 0 Å². The van der Waals surface area contributed by atoms with Crippen LogP contribution in [0.1, 0.15) is 162 Å². The standard InChI is InChI=1S/C95H83N3O2/c1-93(2,3)62-50-54-65(55-51-62)97(83-48-26-42-75-73-40-24-38-67(89(73)99-91(75)83)60-28-10-7-11-29-60)85-58-79-87(71-36-18-16-34-69(71)85)88-72-37-19-17-35-70(72)86(59-80(88)95(79)77-44-20-22-46-81(77)96(64-32-14-9-15-33-64)82-47-23-21-45-78(82)95)98(66-56-52-63(53-57-66)94(4,5)6)84-49-27-43-76-74-41-25-39-68(90(74)100-92(76)84)61-30-12-8-13-31-61/h9,14-27,32-61H,7-8,10-13,28-31H2,1-6H3. The van der Waals surface area contributed by atoms with Crippen molar-refractivity contribution < 1.29 is 8.83 Å².